The fourth-order valence-electron chi connectivity index (χ4n) is 3.80. The van der Waals surface area contributed by atoms with E-state index in [0.717, 1.165) is 11.1 Å². The van der Waals surface area contributed by atoms with Crippen molar-refractivity contribution < 1.29 is 17.9 Å². The lowest BCUT2D eigenvalue weighted by Crippen LogP contribution is -2.51. The predicted octanol–water partition coefficient (Wildman–Crippen LogP) is 3.50. The monoisotopic (exact) mass is 430 g/mol. The Kier molecular flexibility index (Phi) is 6.83. The van der Waals surface area contributed by atoms with Gasteiger partial charge in [-0.05, 0) is 69.0 Å². The lowest BCUT2D eigenvalue weighted by Gasteiger charge is -2.38. The molecule has 0 saturated carbocycles. The second-order valence-corrected chi connectivity index (χ2v) is 9.95. The Morgan fingerprint density at radius 2 is 1.87 bits per heavy atom. The summed E-state index contributed by atoms with van der Waals surface area (Å²) in [4.78, 5) is 13.2. The van der Waals surface area contributed by atoms with Crippen LogP contribution in [0.3, 0.4) is 0 Å². The molecule has 1 saturated heterocycles. The molecule has 162 valence electrons. The van der Waals surface area contributed by atoms with E-state index >= 15 is 0 Å². The first-order valence-corrected chi connectivity index (χ1v) is 11.8. The zero-order chi connectivity index (χ0) is 21.8. The highest BCUT2D eigenvalue weighted by Gasteiger charge is 2.41. The SMILES string of the molecule is CCOc1ccc(S(=O)(=O)N2CCC[C@](C)(C(=O)NCc3ccccc3C)C2)cc1. The number of nitrogens with one attached hydrogen (secondary N) is 1. The van der Waals surface area contributed by atoms with E-state index in [1.54, 1.807) is 24.3 Å². The summed E-state index contributed by atoms with van der Waals surface area (Å²) in [6, 6.07) is 14.4. The van der Waals surface area contributed by atoms with Crippen LogP contribution in [0.2, 0.25) is 0 Å². The number of carbonyl (C=O) groups is 1. The van der Waals surface area contributed by atoms with Gasteiger partial charge in [0.15, 0.2) is 0 Å². The van der Waals surface area contributed by atoms with Crippen molar-refractivity contribution in [3.05, 3.63) is 59.7 Å². The van der Waals surface area contributed by atoms with Gasteiger partial charge in [-0.2, -0.15) is 4.31 Å². The van der Waals surface area contributed by atoms with Crippen molar-refractivity contribution in [2.24, 2.45) is 5.41 Å². The first kappa shape index (κ1) is 22.3. The Labute approximate surface area is 179 Å². The van der Waals surface area contributed by atoms with Gasteiger partial charge in [0.1, 0.15) is 5.75 Å². The number of hydrogen-bond acceptors (Lipinski definition) is 4. The van der Waals surface area contributed by atoms with Gasteiger partial charge in [0.2, 0.25) is 15.9 Å². The molecule has 30 heavy (non-hydrogen) atoms. The Morgan fingerprint density at radius 3 is 2.53 bits per heavy atom. The molecule has 2 aromatic rings. The number of carbonyl (C=O) groups excluding carboxylic acids is 1. The van der Waals surface area contributed by atoms with Gasteiger partial charge in [-0.3, -0.25) is 4.79 Å². The van der Waals surface area contributed by atoms with Crippen molar-refractivity contribution in [3.63, 3.8) is 0 Å². The highest BCUT2D eigenvalue weighted by molar-refractivity contribution is 7.89. The fraction of sp³-hybridized carbons (Fsp3) is 0.435. The maximum atomic E-state index is 13.1. The highest BCUT2D eigenvalue weighted by atomic mass is 32.2. The molecule has 0 aliphatic carbocycles. The zero-order valence-corrected chi connectivity index (χ0v) is 18.7. The molecule has 0 aromatic heterocycles. The molecule has 2 aromatic carbocycles. The predicted molar refractivity (Wildman–Crippen MR) is 117 cm³/mol. The molecular weight excluding hydrogens is 400 g/mol. The average Bonchev–Trinajstić information content (AvgIpc) is 2.73. The molecule has 7 heteroatoms. The van der Waals surface area contributed by atoms with Crippen LogP contribution in [0.15, 0.2) is 53.4 Å². The van der Waals surface area contributed by atoms with E-state index in [4.69, 9.17) is 4.74 Å². The normalized spacial score (nSPS) is 20.0. The maximum absolute atomic E-state index is 13.1. The number of amides is 1. The molecule has 1 atom stereocenters. The van der Waals surface area contributed by atoms with E-state index in [-0.39, 0.29) is 17.3 Å². The lowest BCUT2D eigenvalue weighted by molar-refractivity contribution is -0.132. The number of sulfonamides is 1. The Bertz CT molecular complexity index is 989. The minimum Gasteiger partial charge on any atom is -0.494 e. The van der Waals surface area contributed by atoms with Crippen LogP contribution in [0.5, 0.6) is 5.75 Å². The number of aryl methyl sites for hydroxylation is 1. The molecule has 1 aliphatic rings. The zero-order valence-electron chi connectivity index (χ0n) is 17.8. The second kappa shape index (κ2) is 9.18. The summed E-state index contributed by atoms with van der Waals surface area (Å²) in [5.74, 6) is 0.521. The second-order valence-electron chi connectivity index (χ2n) is 8.02. The van der Waals surface area contributed by atoms with Crippen LogP contribution in [-0.2, 0) is 21.4 Å². The molecular formula is C23H30N2O4S. The van der Waals surface area contributed by atoms with E-state index in [2.05, 4.69) is 5.32 Å². The van der Waals surface area contributed by atoms with Gasteiger partial charge in [0.05, 0.1) is 16.9 Å². The molecule has 1 aliphatic heterocycles. The number of rotatable bonds is 7. The largest absolute Gasteiger partial charge is 0.494 e. The van der Waals surface area contributed by atoms with Crippen LogP contribution in [-0.4, -0.2) is 38.3 Å². The number of ether oxygens (including phenoxy) is 1. The van der Waals surface area contributed by atoms with Gasteiger partial charge >= 0.3 is 0 Å². The molecule has 0 bridgehead atoms. The van der Waals surface area contributed by atoms with Gasteiger partial charge in [-0.15, -0.1) is 0 Å². The first-order valence-electron chi connectivity index (χ1n) is 10.3. The summed E-state index contributed by atoms with van der Waals surface area (Å²) in [6.45, 7) is 7.28. The number of benzene rings is 2. The van der Waals surface area contributed by atoms with Crippen molar-refractivity contribution in [3.8, 4) is 5.75 Å². The van der Waals surface area contributed by atoms with E-state index < -0.39 is 15.4 Å². The molecule has 0 radical (unpaired) electrons. The quantitative estimate of drug-likeness (QED) is 0.729. The van der Waals surface area contributed by atoms with Crippen LogP contribution in [0.1, 0.15) is 37.8 Å². The molecule has 3 rings (SSSR count). The molecule has 0 spiro atoms. The average molecular weight is 431 g/mol. The Morgan fingerprint density at radius 1 is 1.17 bits per heavy atom. The van der Waals surface area contributed by atoms with Gasteiger partial charge in [0, 0.05) is 19.6 Å². The van der Waals surface area contributed by atoms with E-state index in [1.165, 1.54) is 4.31 Å². The Hall–Kier alpha value is -2.38. The number of nitrogens with zero attached hydrogens (tertiary/aromatic N) is 1. The minimum atomic E-state index is -3.67. The summed E-state index contributed by atoms with van der Waals surface area (Å²) in [5, 5.41) is 3.01. The van der Waals surface area contributed by atoms with E-state index in [9.17, 15) is 13.2 Å². The third-order valence-electron chi connectivity index (χ3n) is 5.68. The lowest BCUT2D eigenvalue weighted by atomic mass is 9.82. The van der Waals surface area contributed by atoms with Gasteiger partial charge in [-0.1, -0.05) is 24.3 Å². The van der Waals surface area contributed by atoms with Crippen molar-refractivity contribution in [1.29, 1.82) is 0 Å². The molecule has 0 unspecified atom stereocenters. The van der Waals surface area contributed by atoms with E-state index in [0.29, 0.717) is 38.3 Å². The van der Waals surface area contributed by atoms with Crippen LogP contribution >= 0.6 is 0 Å². The molecule has 1 heterocycles. The third kappa shape index (κ3) is 4.84. The van der Waals surface area contributed by atoms with Crippen molar-refractivity contribution in [1.82, 2.24) is 9.62 Å². The highest BCUT2D eigenvalue weighted by Crippen LogP contribution is 2.33. The van der Waals surface area contributed by atoms with Crippen molar-refractivity contribution in [2.45, 2.75) is 45.1 Å². The fourth-order valence-corrected chi connectivity index (χ4v) is 5.41. The summed E-state index contributed by atoms with van der Waals surface area (Å²) in [7, 11) is -3.67. The van der Waals surface area contributed by atoms with Gasteiger partial charge in [-0.25, -0.2) is 8.42 Å². The maximum Gasteiger partial charge on any atom is 0.243 e. The van der Waals surface area contributed by atoms with Gasteiger partial charge in [0.25, 0.3) is 0 Å². The molecule has 6 nitrogen and oxygen atoms in total. The molecule has 1 fully saturated rings. The molecule has 1 N–H and O–H groups in total. The Balaban J connectivity index is 1.71. The number of hydrogen-bond donors (Lipinski definition) is 1. The standard InChI is InChI=1S/C23H30N2O4S/c1-4-29-20-10-12-21(13-11-20)30(27,28)25-15-7-14-23(3,17-25)22(26)24-16-19-9-6-5-8-18(19)2/h5-6,8-13H,4,7,14-17H2,1-3H3,(H,24,26)/t23-/m0/s1. The van der Waals surface area contributed by atoms with Crippen molar-refractivity contribution >= 4 is 15.9 Å². The molecule has 1 amide bonds. The summed E-state index contributed by atoms with van der Waals surface area (Å²) in [5.41, 5.74) is 1.41. The van der Waals surface area contributed by atoms with Gasteiger partial charge < -0.3 is 10.1 Å². The number of piperidine rings is 1. The first-order chi connectivity index (χ1) is 14.3. The smallest absolute Gasteiger partial charge is 0.243 e. The van der Waals surface area contributed by atoms with Crippen LogP contribution in [0, 0.1) is 12.3 Å². The summed E-state index contributed by atoms with van der Waals surface area (Å²) >= 11 is 0. The van der Waals surface area contributed by atoms with Crippen molar-refractivity contribution in [2.75, 3.05) is 19.7 Å². The van der Waals surface area contributed by atoms with Crippen LogP contribution in [0.25, 0.3) is 0 Å². The minimum absolute atomic E-state index is 0.114. The van der Waals surface area contributed by atoms with E-state index in [1.807, 2.05) is 45.0 Å². The summed E-state index contributed by atoms with van der Waals surface area (Å²) in [6.07, 6.45) is 1.30. The topological polar surface area (TPSA) is 75.7 Å². The third-order valence-corrected chi connectivity index (χ3v) is 7.54. The van der Waals surface area contributed by atoms with Crippen LogP contribution < -0.4 is 10.1 Å². The summed E-state index contributed by atoms with van der Waals surface area (Å²) < 4.78 is 33.1. The van der Waals surface area contributed by atoms with Crippen LogP contribution in [0.4, 0.5) is 0 Å².